The number of hydrogen-bond acceptors (Lipinski definition) is 6. The predicted octanol–water partition coefficient (Wildman–Crippen LogP) is -0.658. The first-order chi connectivity index (χ1) is 9.20. The van der Waals surface area contributed by atoms with Crippen LogP contribution in [0.1, 0.15) is 19.2 Å². The van der Waals surface area contributed by atoms with Crippen LogP contribution in [0.25, 0.3) is 0 Å². The van der Waals surface area contributed by atoms with Crippen molar-refractivity contribution in [2.24, 2.45) is 0 Å². The maximum Gasteiger partial charge on any atom is 0.490 e. The Balaban J connectivity index is 2.02. The van der Waals surface area contributed by atoms with Crippen LogP contribution in [0.2, 0.25) is 0 Å². The molecule has 0 aromatic carbocycles. The van der Waals surface area contributed by atoms with Crippen molar-refractivity contribution in [3.63, 3.8) is 0 Å². The maximum absolute atomic E-state index is 9.05. The van der Waals surface area contributed by atoms with Gasteiger partial charge in [0, 0.05) is 18.2 Å². The molecular formula is C11H15BN4O3. The van der Waals surface area contributed by atoms with Crippen LogP contribution in [0, 0.1) is 0 Å². The highest BCUT2D eigenvalue weighted by atomic mass is 16.5. The molecule has 0 saturated heterocycles. The number of hydrogen-bond donors (Lipinski definition) is 2. The van der Waals surface area contributed by atoms with E-state index in [1.807, 2.05) is 0 Å². The van der Waals surface area contributed by atoms with Crippen LogP contribution < -0.4 is 10.2 Å². The molecule has 0 radical (unpaired) electrons. The van der Waals surface area contributed by atoms with Gasteiger partial charge in [-0.15, -0.1) is 0 Å². The number of nitrogens with zero attached hydrogens (tertiary/aromatic N) is 4. The van der Waals surface area contributed by atoms with Crippen LogP contribution in [-0.2, 0) is 13.2 Å². The Morgan fingerprint density at radius 1 is 1.37 bits per heavy atom. The maximum atomic E-state index is 9.05. The van der Waals surface area contributed by atoms with Gasteiger partial charge in [0.15, 0.2) is 5.82 Å². The van der Waals surface area contributed by atoms with Crippen molar-refractivity contribution in [1.82, 2.24) is 19.7 Å². The minimum Gasteiger partial charge on any atom is -0.484 e. The van der Waals surface area contributed by atoms with Crippen LogP contribution in [-0.4, -0.2) is 36.9 Å². The lowest BCUT2D eigenvalue weighted by Gasteiger charge is -2.08. The van der Waals surface area contributed by atoms with Crippen molar-refractivity contribution in [1.29, 1.82) is 0 Å². The molecule has 0 unspecified atom stereocenters. The second-order valence-electron chi connectivity index (χ2n) is 4.02. The van der Waals surface area contributed by atoms with E-state index in [0.717, 1.165) is 18.8 Å². The van der Waals surface area contributed by atoms with Gasteiger partial charge in [0.1, 0.15) is 18.7 Å². The first kappa shape index (κ1) is 13.5. The summed E-state index contributed by atoms with van der Waals surface area (Å²) in [6, 6.07) is 1.53. The summed E-state index contributed by atoms with van der Waals surface area (Å²) in [7, 11) is -1.56. The summed E-state index contributed by atoms with van der Waals surface area (Å²) < 4.78 is 7.30. The molecule has 2 aromatic rings. The summed E-state index contributed by atoms with van der Waals surface area (Å²) in [5.41, 5.74) is 0.285. The van der Waals surface area contributed by atoms with Gasteiger partial charge in [-0.3, -0.25) is 4.98 Å². The van der Waals surface area contributed by atoms with E-state index in [4.69, 9.17) is 14.8 Å². The molecule has 0 aliphatic rings. The number of rotatable bonds is 6. The second kappa shape index (κ2) is 6.30. The molecule has 8 heteroatoms. The van der Waals surface area contributed by atoms with Crippen LogP contribution in [0.15, 0.2) is 24.8 Å². The van der Waals surface area contributed by atoms with Crippen molar-refractivity contribution < 1.29 is 14.8 Å². The third-order valence-corrected chi connectivity index (χ3v) is 2.53. The van der Waals surface area contributed by atoms with E-state index >= 15 is 0 Å². The van der Waals surface area contributed by atoms with E-state index in [1.54, 1.807) is 4.68 Å². The van der Waals surface area contributed by atoms with Gasteiger partial charge >= 0.3 is 7.12 Å². The largest absolute Gasteiger partial charge is 0.490 e. The summed E-state index contributed by atoms with van der Waals surface area (Å²) in [4.78, 5) is 7.99. The summed E-state index contributed by atoms with van der Waals surface area (Å²) in [5, 5.41) is 22.2. The number of aryl methyl sites for hydroxylation is 1. The summed E-state index contributed by atoms with van der Waals surface area (Å²) in [6.07, 6.45) is 5.33. The van der Waals surface area contributed by atoms with Crippen LogP contribution in [0.5, 0.6) is 5.75 Å². The van der Waals surface area contributed by atoms with Gasteiger partial charge in [-0.1, -0.05) is 6.92 Å². The fourth-order valence-corrected chi connectivity index (χ4v) is 1.60. The van der Waals surface area contributed by atoms with Crippen molar-refractivity contribution in [2.45, 2.75) is 26.5 Å². The highest BCUT2D eigenvalue weighted by molar-refractivity contribution is 6.58. The zero-order valence-electron chi connectivity index (χ0n) is 10.6. The highest BCUT2D eigenvalue weighted by Gasteiger charge is 2.12. The number of pyridine rings is 1. The molecular weight excluding hydrogens is 247 g/mol. The Hall–Kier alpha value is -1.93. The molecule has 0 saturated carbocycles. The predicted molar refractivity (Wildman–Crippen MR) is 68.7 cm³/mol. The van der Waals surface area contributed by atoms with Crippen LogP contribution >= 0.6 is 0 Å². The fourth-order valence-electron chi connectivity index (χ4n) is 1.60. The zero-order valence-corrected chi connectivity index (χ0v) is 10.6. The Morgan fingerprint density at radius 3 is 2.95 bits per heavy atom. The lowest BCUT2D eigenvalue weighted by Crippen LogP contribution is -2.30. The van der Waals surface area contributed by atoms with Crippen molar-refractivity contribution in [3.05, 3.63) is 30.6 Å². The van der Waals surface area contributed by atoms with Gasteiger partial charge in [0.25, 0.3) is 0 Å². The van der Waals surface area contributed by atoms with E-state index in [9.17, 15) is 0 Å². The molecule has 2 rings (SSSR count). The molecule has 0 atom stereocenters. The molecule has 0 fully saturated rings. The SMILES string of the molecule is CCCn1ncnc1COc1cncc(B(O)O)c1. The molecule has 7 nitrogen and oxygen atoms in total. The van der Waals surface area contributed by atoms with Gasteiger partial charge in [-0.25, -0.2) is 9.67 Å². The van der Waals surface area contributed by atoms with E-state index < -0.39 is 7.12 Å². The van der Waals surface area contributed by atoms with Crippen molar-refractivity contribution in [3.8, 4) is 5.75 Å². The monoisotopic (exact) mass is 262 g/mol. The van der Waals surface area contributed by atoms with E-state index in [0.29, 0.717) is 5.75 Å². The summed E-state index contributed by atoms with van der Waals surface area (Å²) in [6.45, 7) is 3.10. The summed E-state index contributed by atoms with van der Waals surface area (Å²) >= 11 is 0. The molecule has 100 valence electrons. The first-order valence-corrected chi connectivity index (χ1v) is 6.01. The minimum absolute atomic E-state index is 0.257. The van der Waals surface area contributed by atoms with E-state index in [1.165, 1.54) is 24.8 Å². The second-order valence-corrected chi connectivity index (χ2v) is 4.02. The average molecular weight is 262 g/mol. The number of aromatic nitrogens is 4. The van der Waals surface area contributed by atoms with Gasteiger partial charge in [0.05, 0.1) is 6.20 Å². The lowest BCUT2D eigenvalue weighted by molar-refractivity contribution is 0.285. The Kier molecular flexibility index (Phi) is 4.48. The quantitative estimate of drug-likeness (QED) is 0.671. The van der Waals surface area contributed by atoms with Gasteiger partial charge in [0.2, 0.25) is 0 Å². The molecule has 0 aliphatic heterocycles. The normalized spacial score (nSPS) is 10.5. The summed E-state index contributed by atoms with van der Waals surface area (Å²) in [5.74, 6) is 1.17. The molecule has 0 aliphatic carbocycles. The Morgan fingerprint density at radius 2 is 2.21 bits per heavy atom. The molecule has 0 bridgehead atoms. The average Bonchev–Trinajstić information content (AvgIpc) is 2.85. The molecule has 19 heavy (non-hydrogen) atoms. The first-order valence-electron chi connectivity index (χ1n) is 6.01. The highest BCUT2D eigenvalue weighted by Crippen LogP contribution is 2.08. The molecule has 2 aromatic heterocycles. The van der Waals surface area contributed by atoms with Crippen LogP contribution in [0.3, 0.4) is 0 Å². The van der Waals surface area contributed by atoms with Crippen molar-refractivity contribution >= 4 is 12.6 Å². The lowest BCUT2D eigenvalue weighted by atomic mass is 9.82. The topological polar surface area (TPSA) is 93.3 Å². The smallest absolute Gasteiger partial charge is 0.484 e. The Labute approximate surface area is 111 Å². The number of ether oxygens (including phenoxy) is 1. The molecule has 0 spiro atoms. The van der Waals surface area contributed by atoms with E-state index in [2.05, 4.69) is 22.0 Å². The standard InChI is InChI=1S/C11H15BN4O3/c1-2-3-16-11(14-8-15-16)7-19-10-4-9(12(17)18)5-13-6-10/h4-6,8,17-18H,2-3,7H2,1H3. The van der Waals surface area contributed by atoms with Gasteiger partial charge in [-0.05, 0) is 12.5 Å². The fraction of sp³-hybridized carbons (Fsp3) is 0.364. The minimum atomic E-state index is -1.56. The van der Waals surface area contributed by atoms with Crippen LogP contribution in [0.4, 0.5) is 0 Å². The molecule has 0 amide bonds. The third kappa shape index (κ3) is 3.52. The zero-order chi connectivity index (χ0) is 13.7. The van der Waals surface area contributed by atoms with Crippen molar-refractivity contribution in [2.75, 3.05) is 0 Å². The molecule has 2 N–H and O–H groups in total. The third-order valence-electron chi connectivity index (χ3n) is 2.53. The van der Waals surface area contributed by atoms with E-state index in [-0.39, 0.29) is 12.1 Å². The molecule has 2 heterocycles. The van der Waals surface area contributed by atoms with Gasteiger partial charge in [-0.2, -0.15) is 5.10 Å². The van der Waals surface area contributed by atoms with Gasteiger partial charge < -0.3 is 14.8 Å². The Bertz CT molecular complexity index is 532.